The van der Waals surface area contributed by atoms with Crippen LogP contribution in [-0.2, 0) is 30.5 Å². The Bertz CT molecular complexity index is 658. The van der Waals surface area contributed by atoms with Gasteiger partial charge in [-0.25, -0.2) is 4.39 Å². The van der Waals surface area contributed by atoms with Gasteiger partial charge in [0.15, 0.2) is 0 Å². The summed E-state index contributed by atoms with van der Waals surface area (Å²) in [5.41, 5.74) is 3.89. The van der Waals surface area contributed by atoms with Crippen molar-refractivity contribution in [2.24, 2.45) is 0 Å². The quantitative estimate of drug-likeness (QED) is 0.597. The van der Waals surface area contributed by atoms with Gasteiger partial charge in [-0.15, -0.1) is 0 Å². The molecular weight excluding hydrogens is 299 g/mol. The van der Waals surface area contributed by atoms with Crippen molar-refractivity contribution < 1.29 is 9.18 Å². The lowest BCUT2D eigenvalue weighted by Crippen LogP contribution is -2.09. The number of rotatable bonds is 9. The van der Waals surface area contributed by atoms with Crippen LogP contribution in [0.1, 0.15) is 55.4 Å². The number of ketones is 1. The summed E-state index contributed by atoms with van der Waals surface area (Å²) in [4.78, 5) is 12.4. The zero-order valence-electron chi connectivity index (χ0n) is 14.8. The normalized spacial score (nSPS) is 10.8. The van der Waals surface area contributed by atoms with Crippen LogP contribution in [0.5, 0.6) is 0 Å². The van der Waals surface area contributed by atoms with E-state index in [2.05, 4.69) is 19.1 Å². The first kappa shape index (κ1) is 18.4. The van der Waals surface area contributed by atoms with E-state index in [1.807, 2.05) is 25.1 Å². The molecule has 0 aromatic heterocycles. The SMILES string of the molecule is CCCCc1ccc(CC(=O)Cc2cccc(F)c2CCC)cc1. The molecule has 0 aliphatic carbocycles. The molecule has 0 bridgehead atoms. The fourth-order valence-corrected chi connectivity index (χ4v) is 3.01. The second kappa shape index (κ2) is 9.36. The lowest BCUT2D eigenvalue weighted by atomic mass is 9.95. The molecule has 0 saturated heterocycles. The number of Topliss-reactive ketones (excluding diaryl/α,β-unsaturated/α-hetero) is 1. The number of benzene rings is 2. The lowest BCUT2D eigenvalue weighted by molar-refractivity contribution is -0.117. The standard InChI is InChI=1S/C22H27FO/c1-3-5-8-17-11-13-18(14-12-17)15-20(24)16-19-9-6-10-22(23)21(19)7-4-2/h6,9-14H,3-5,7-8,15-16H2,1-2H3. The Morgan fingerprint density at radius 1 is 0.875 bits per heavy atom. The van der Waals surface area contributed by atoms with Crippen molar-refractivity contribution in [1.29, 1.82) is 0 Å². The first-order chi connectivity index (χ1) is 11.6. The third-order valence-electron chi connectivity index (χ3n) is 4.35. The van der Waals surface area contributed by atoms with E-state index in [0.29, 0.717) is 24.8 Å². The van der Waals surface area contributed by atoms with Gasteiger partial charge in [-0.2, -0.15) is 0 Å². The predicted molar refractivity (Wildman–Crippen MR) is 97.9 cm³/mol. The van der Waals surface area contributed by atoms with Crippen molar-refractivity contribution in [2.75, 3.05) is 0 Å². The van der Waals surface area contributed by atoms with E-state index in [9.17, 15) is 9.18 Å². The largest absolute Gasteiger partial charge is 0.299 e. The highest BCUT2D eigenvalue weighted by Crippen LogP contribution is 2.17. The van der Waals surface area contributed by atoms with E-state index in [1.165, 1.54) is 24.5 Å². The maximum Gasteiger partial charge on any atom is 0.141 e. The molecule has 0 aliphatic rings. The number of carbonyl (C=O) groups is 1. The number of hydrogen-bond donors (Lipinski definition) is 0. The van der Waals surface area contributed by atoms with Crippen molar-refractivity contribution in [2.45, 2.75) is 58.8 Å². The van der Waals surface area contributed by atoms with Crippen LogP contribution in [0.3, 0.4) is 0 Å². The minimum atomic E-state index is -0.192. The van der Waals surface area contributed by atoms with E-state index in [1.54, 1.807) is 6.07 Å². The third kappa shape index (κ3) is 5.30. The molecule has 128 valence electrons. The fraction of sp³-hybridized carbons (Fsp3) is 0.409. The smallest absolute Gasteiger partial charge is 0.141 e. The van der Waals surface area contributed by atoms with Crippen LogP contribution in [0.4, 0.5) is 4.39 Å². The highest BCUT2D eigenvalue weighted by atomic mass is 19.1. The molecule has 2 rings (SSSR count). The minimum absolute atomic E-state index is 0.138. The summed E-state index contributed by atoms with van der Waals surface area (Å²) in [7, 11) is 0. The Balaban J connectivity index is 1.99. The highest BCUT2D eigenvalue weighted by Gasteiger charge is 2.12. The first-order valence-corrected chi connectivity index (χ1v) is 8.99. The summed E-state index contributed by atoms with van der Waals surface area (Å²) in [6.07, 6.45) is 5.75. The van der Waals surface area contributed by atoms with Crippen LogP contribution >= 0.6 is 0 Å². The minimum Gasteiger partial charge on any atom is -0.299 e. The van der Waals surface area contributed by atoms with Crippen LogP contribution in [0.25, 0.3) is 0 Å². The second-order valence-electron chi connectivity index (χ2n) is 6.44. The van der Waals surface area contributed by atoms with E-state index in [4.69, 9.17) is 0 Å². The molecule has 0 unspecified atom stereocenters. The van der Waals surface area contributed by atoms with Gasteiger partial charge < -0.3 is 0 Å². The summed E-state index contributed by atoms with van der Waals surface area (Å²) in [6.45, 7) is 4.21. The van der Waals surface area contributed by atoms with Gasteiger partial charge in [-0.3, -0.25) is 4.79 Å². The molecule has 0 heterocycles. The van der Waals surface area contributed by atoms with Gasteiger partial charge in [0.2, 0.25) is 0 Å². The zero-order valence-corrected chi connectivity index (χ0v) is 14.8. The van der Waals surface area contributed by atoms with E-state index >= 15 is 0 Å². The van der Waals surface area contributed by atoms with E-state index in [0.717, 1.165) is 24.0 Å². The summed E-state index contributed by atoms with van der Waals surface area (Å²) in [6, 6.07) is 13.4. The Kier molecular flexibility index (Phi) is 7.17. The third-order valence-corrected chi connectivity index (χ3v) is 4.35. The fourth-order valence-electron chi connectivity index (χ4n) is 3.01. The lowest BCUT2D eigenvalue weighted by Gasteiger charge is -2.10. The number of carbonyl (C=O) groups excluding carboxylic acids is 1. The number of hydrogen-bond acceptors (Lipinski definition) is 1. The van der Waals surface area contributed by atoms with Crippen molar-refractivity contribution in [3.05, 3.63) is 70.5 Å². The van der Waals surface area contributed by atoms with Crippen molar-refractivity contribution in [1.82, 2.24) is 0 Å². The summed E-state index contributed by atoms with van der Waals surface area (Å²) >= 11 is 0. The van der Waals surface area contributed by atoms with Crippen LogP contribution in [0.15, 0.2) is 42.5 Å². The van der Waals surface area contributed by atoms with E-state index in [-0.39, 0.29) is 11.6 Å². The molecule has 0 fully saturated rings. The van der Waals surface area contributed by atoms with Gasteiger partial charge in [-0.1, -0.05) is 63.1 Å². The maximum absolute atomic E-state index is 13.9. The monoisotopic (exact) mass is 326 g/mol. The van der Waals surface area contributed by atoms with Crippen LogP contribution in [0, 0.1) is 5.82 Å². The molecule has 0 amide bonds. The second-order valence-corrected chi connectivity index (χ2v) is 6.44. The van der Waals surface area contributed by atoms with Crippen molar-refractivity contribution >= 4 is 5.78 Å². The highest BCUT2D eigenvalue weighted by molar-refractivity contribution is 5.83. The Labute approximate surface area is 144 Å². The molecule has 0 atom stereocenters. The van der Waals surface area contributed by atoms with Crippen LogP contribution < -0.4 is 0 Å². The Morgan fingerprint density at radius 3 is 2.25 bits per heavy atom. The number of unbranched alkanes of at least 4 members (excludes halogenated alkanes) is 1. The van der Waals surface area contributed by atoms with Crippen molar-refractivity contribution in [3.63, 3.8) is 0 Å². The molecule has 24 heavy (non-hydrogen) atoms. The summed E-state index contributed by atoms with van der Waals surface area (Å²) < 4.78 is 13.9. The number of aryl methyl sites for hydroxylation is 1. The Hall–Kier alpha value is -1.96. The molecule has 0 radical (unpaired) electrons. The average molecular weight is 326 g/mol. The molecule has 2 aromatic carbocycles. The maximum atomic E-state index is 13.9. The molecule has 0 aliphatic heterocycles. The molecule has 0 N–H and O–H groups in total. The molecule has 2 heteroatoms. The van der Waals surface area contributed by atoms with Gasteiger partial charge in [-0.05, 0) is 47.6 Å². The topological polar surface area (TPSA) is 17.1 Å². The zero-order chi connectivity index (χ0) is 17.4. The Morgan fingerprint density at radius 2 is 1.58 bits per heavy atom. The molecule has 1 nitrogen and oxygen atoms in total. The van der Waals surface area contributed by atoms with Crippen LogP contribution in [0.2, 0.25) is 0 Å². The van der Waals surface area contributed by atoms with Gasteiger partial charge in [0, 0.05) is 12.8 Å². The number of halogens is 1. The van der Waals surface area contributed by atoms with Crippen LogP contribution in [-0.4, -0.2) is 5.78 Å². The van der Waals surface area contributed by atoms with Gasteiger partial charge in [0.1, 0.15) is 11.6 Å². The molecule has 0 saturated carbocycles. The average Bonchev–Trinajstić information content (AvgIpc) is 2.57. The van der Waals surface area contributed by atoms with Gasteiger partial charge in [0.05, 0.1) is 0 Å². The first-order valence-electron chi connectivity index (χ1n) is 8.99. The van der Waals surface area contributed by atoms with Gasteiger partial charge in [0.25, 0.3) is 0 Å². The van der Waals surface area contributed by atoms with Crippen molar-refractivity contribution in [3.8, 4) is 0 Å². The molecule has 0 spiro atoms. The summed E-state index contributed by atoms with van der Waals surface area (Å²) in [5.74, 6) is -0.0540. The van der Waals surface area contributed by atoms with E-state index < -0.39 is 0 Å². The summed E-state index contributed by atoms with van der Waals surface area (Å²) in [5, 5.41) is 0. The molecular formula is C22H27FO. The molecule has 2 aromatic rings. The van der Waals surface area contributed by atoms with Gasteiger partial charge >= 0.3 is 0 Å². The predicted octanol–water partition coefficient (Wildman–Crippen LogP) is 5.48.